The Morgan fingerprint density at radius 1 is 1.65 bits per heavy atom. The van der Waals surface area contributed by atoms with Crippen molar-refractivity contribution >= 4 is 17.6 Å². The number of aromatic nitrogens is 1. The Labute approximate surface area is 106 Å². The van der Waals surface area contributed by atoms with E-state index < -0.39 is 0 Å². The fraction of sp³-hybridized carbons (Fsp3) is 0.500. The van der Waals surface area contributed by atoms with Crippen LogP contribution < -0.4 is 4.90 Å². The Balaban J connectivity index is 1.99. The number of carbonyl (C=O) groups excluding carboxylic acids is 1. The van der Waals surface area contributed by atoms with Crippen LogP contribution in [0.5, 0.6) is 0 Å². The zero-order valence-electron chi connectivity index (χ0n) is 9.78. The van der Waals surface area contributed by atoms with Gasteiger partial charge in [0.25, 0.3) is 0 Å². The summed E-state index contributed by atoms with van der Waals surface area (Å²) in [5, 5.41) is 0.203. The molecular weight excluding hydrogens is 240 g/mol. The summed E-state index contributed by atoms with van der Waals surface area (Å²) in [5.41, 5.74) is 0.345. The predicted octanol–water partition coefficient (Wildman–Crippen LogP) is 0.569. The molecule has 2 heterocycles. The quantitative estimate of drug-likeness (QED) is 0.621. The minimum Gasteiger partial charge on any atom is -0.453 e. The molecule has 1 aliphatic rings. The summed E-state index contributed by atoms with van der Waals surface area (Å²) in [5.74, 6) is -0.372. The molecule has 0 radical (unpaired) electrons. The van der Waals surface area contributed by atoms with Crippen molar-refractivity contribution in [3.63, 3.8) is 0 Å². The topological polar surface area (TPSA) is 43.6 Å². The third kappa shape index (κ3) is 3.17. The number of ether oxygens (including phenoxy) is 1. The third-order valence-electron chi connectivity index (χ3n) is 2.96. The van der Waals surface area contributed by atoms with Gasteiger partial charge < -0.3 is 9.64 Å². The molecule has 0 amide bonds. The number of nitrogens with one attached hydrogen (secondary N) is 1. The molecule has 1 saturated heterocycles. The lowest BCUT2D eigenvalue weighted by Gasteiger charge is -2.26. The number of nitrogens with zero attached hydrogens (tertiary/aromatic N) is 1. The van der Waals surface area contributed by atoms with Gasteiger partial charge in [-0.2, -0.15) is 0 Å². The van der Waals surface area contributed by atoms with Crippen LogP contribution in [-0.4, -0.2) is 37.2 Å². The largest absolute Gasteiger partial charge is 0.453 e. The summed E-state index contributed by atoms with van der Waals surface area (Å²) in [6.45, 7) is 2.01. The number of hydrogen-bond donors (Lipinski definition) is 1. The van der Waals surface area contributed by atoms with Gasteiger partial charge >= 0.3 is 5.97 Å². The number of esters is 1. The fourth-order valence-corrected chi connectivity index (χ4v) is 2.27. The van der Waals surface area contributed by atoms with Crippen molar-refractivity contribution in [3.05, 3.63) is 29.0 Å². The van der Waals surface area contributed by atoms with Gasteiger partial charge in [-0.15, -0.1) is 0 Å². The molecule has 1 fully saturated rings. The van der Waals surface area contributed by atoms with E-state index in [0.717, 1.165) is 25.9 Å². The smallest absolute Gasteiger partial charge is 0.341 e. The molecule has 4 nitrogen and oxygen atoms in total. The van der Waals surface area contributed by atoms with Gasteiger partial charge in [-0.3, -0.25) is 0 Å². The summed E-state index contributed by atoms with van der Waals surface area (Å²) in [6, 6.07) is 3.32. The third-order valence-corrected chi connectivity index (χ3v) is 3.26. The second kappa shape index (κ2) is 5.47. The van der Waals surface area contributed by atoms with Crippen molar-refractivity contribution in [3.8, 4) is 0 Å². The first-order chi connectivity index (χ1) is 8.16. The number of hydrogen-bond acceptors (Lipinski definition) is 3. The van der Waals surface area contributed by atoms with E-state index in [4.69, 9.17) is 16.3 Å². The first kappa shape index (κ1) is 12.3. The van der Waals surface area contributed by atoms with E-state index in [1.807, 2.05) is 0 Å². The molecule has 1 aromatic rings. The Kier molecular flexibility index (Phi) is 3.97. The van der Waals surface area contributed by atoms with E-state index in [1.54, 1.807) is 18.3 Å². The molecule has 1 aromatic heterocycles. The predicted molar refractivity (Wildman–Crippen MR) is 64.3 cm³/mol. The van der Waals surface area contributed by atoms with Crippen molar-refractivity contribution in [2.24, 2.45) is 0 Å². The van der Waals surface area contributed by atoms with Gasteiger partial charge in [0, 0.05) is 12.6 Å². The van der Waals surface area contributed by atoms with Crippen LogP contribution in [0.15, 0.2) is 18.3 Å². The van der Waals surface area contributed by atoms with Gasteiger partial charge in [0.2, 0.25) is 0 Å². The Morgan fingerprint density at radius 2 is 2.47 bits per heavy atom. The van der Waals surface area contributed by atoms with Gasteiger partial charge in [-0.25, -0.2) is 9.78 Å². The van der Waals surface area contributed by atoms with Crippen molar-refractivity contribution < 1.29 is 14.4 Å². The molecule has 1 unspecified atom stereocenters. The highest BCUT2D eigenvalue weighted by molar-refractivity contribution is 6.32. The molecule has 17 heavy (non-hydrogen) atoms. The van der Waals surface area contributed by atoms with Gasteiger partial charge in [0.1, 0.15) is 11.7 Å². The van der Waals surface area contributed by atoms with E-state index in [-0.39, 0.29) is 17.2 Å². The average molecular weight is 256 g/mol. The maximum Gasteiger partial charge on any atom is 0.341 e. The number of pyridine rings is 1. The number of quaternary nitrogens is 1. The van der Waals surface area contributed by atoms with Crippen molar-refractivity contribution in [2.45, 2.75) is 18.9 Å². The molecule has 5 heteroatoms. The van der Waals surface area contributed by atoms with Gasteiger partial charge in [-0.1, -0.05) is 11.6 Å². The van der Waals surface area contributed by atoms with Crippen LogP contribution >= 0.6 is 11.6 Å². The molecule has 2 rings (SSSR count). The molecule has 0 spiro atoms. The normalized spacial score (nSPS) is 24.4. The number of rotatable bonds is 2. The van der Waals surface area contributed by atoms with Crippen LogP contribution in [0.25, 0.3) is 0 Å². The molecule has 0 aliphatic carbocycles. The lowest BCUT2D eigenvalue weighted by molar-refractivity contribution is -0.888. The minimum absolute atomic E-state index is 0.00692. The molecule has 2 atom stereocenters. The molecule has 0 bridgehead atoms. The highest BCUT2D eigenvalue weighted by Crippen LogP contribution is 2.15. The molecule has 0 aromatic carbocycles. The second-order valence-corrected chi connectivity index (χ2v) is 4.78. The van der Waals surface area contributed by atoms with Gasteiger partial charge in [0.15, 0.2) is 6.10 Å². The van der Waals surface area contributed by atoms with Gasteiger partial charge in [0.05, 0.1) is 19.2 Å². The Morgan fingerprint density at radius 3 is 3.18 bits per heavy atom. The number of carbonyl (C=O) groups is 1. The molecule has 0 saturated carbocycles. The van der Waals surface area contributed by atoms with Crippen LogP contribution in [0.1, 0.15) is 23.2 Å². The first-order valence-corrected chi connectivity index (χ1v) is 6.17. The number of likely N-dealkylation sites (tertiary alicyclic amines) is 1. The van der Waals surface area contributed by atoms with Crippen LogP contribution in [-0.2, 0) is 4.74 Å². The minimum atomic E-state index is -0.372. The Bertz CT molecular complexity index is 411. The average Bonchev–Trinajstić information content (AvgIpc) is 2.29. The lowest BCUT2D eigenvalue weighted by Crippen LogP contribution is -3.11. The van der Waals surface area contributed by atoms with Crippen LogP contribution in [0.3, 0.4) is 0 Å². The second-order valence-electron chi connectivity index (χ2n) is 4.42. The van der Waals surface area contributed by atoms with Crippen LogP contribution in [0.2, 0.25) is 5.15 Å². The summed E-state index contributed by atoms with van der Waals surface area (Å²) in [7, 11) is 2.11. The highest BCUT2D eigenvalue weighted by atomic mass is 35.5. The van der Waals surface area contributed by atoms with Crippen LogP contribution in [0, 0.1) is 0 Å². The van der Waals surface area contributed by atoms with Crippen molar-refractivity contribution in [1.29, 1.82) is 0 Å². The highest BCUT2D eigenvalue weighted by Gasteiger charge is 2.25. The van der Waals surface area contributed by atoms with E-state index in [0.29, 0.717) is 5.56 Å². The summed E-state index contributed by atoms with van der Waals surface area (Å²) < 4.78 is 5.44. The standard InChI is InChI=1S/C12H15ClN2O2/c1-15-7-3-4-9(8-15)17-12(16)10-5-2-6-14-11(10)13/h2,5-6,9H,3-4,7-8H2,1H3/p+1/t9-/m0/s1. The number of halogens is 1. The van der Waals surface area contributed by atoms with E-state index in [1.165, 1.54) is 4.90 Å². The molecule has 1 aliphatic heterocycles. The summed E-state index contributed by atoms with van der Waals surface area (Å²) in [6.07, 6.45) is 3.57. The van der Waals surface area contributed by atoms with E-state index >= 15 is 0 Å². The lowest BCUT2D eigenvalue weighted by atomic mass is 10.1. The number of piperidine rings is 1. The zero-order valence-corrected chi connectivity index (χ0v) is 10.5. The molecular formula is C12H16ClN2O2+. The molecule has 1 N–H and O–H groups in total. The maximum atomic E-state index is 11.9. The van der Waals surface area contributed by atoms with Crippen molar-refractivity contribution in [2.75, 3.05) is 20.1 Å². The zero-order chi connectivity index (χ0) is 12.3. The summed E-state index contributed by atoms with van der Waals surface area (Å²) >= 11 is 5.85. The van der Waals surface area contributed by atoms with Crippen molar-refractivity contribution in [1.82, 2.24) is 4.98 Å². The SMILES string of the molecule is C[NH+]1CCC[C@H](OC(=O)c2cccnc2Cl)C1. The maximum absolute atomic E-state index is 11.9. The fourth-order valence-electron chi connectivity index (χ4n) is 2.08. The molecule has 92 valence electrons. The number of likely N-dealkylation sites (N-methyl/N-ethyl adjacent to an activating group) is 1. The summed E-state index contributed by atoms with van der Waals surface area (Å²) in [4.78, 5) is 17.1. The van der Waals surface area contributed by atoms with E-state index in [9.17, 15) is 4.79 Å². The van der Waals surface area contributed by atoms with Crippen LogP contribution in [0.4, 0.5) is 0 Å². The Hall–Kier alpha value is -1.13. The van der Waals surface area contributed by atoms with E-state index in [2.05, 4.69) is 12.0 Å². The first-order valence-electron chi connectivity index (χ1n) is 5.79. The monoisotopic (exact) mass is 255 g/mol. The van der Waals surface area contributed by atoms with Gasteiger partial charge in [-0.05, 0) is 18.6 Å².